The molecule has 1 aromatic carbocycles. The number of nitrogens with one attached hydrogen (secondary N) is 1. The quantitative estimate of drug-likeness (QED) is 0.744. The zero-order valence-electron chi connectivity index (χ0n) is 14.0. The van der Waals surface area contributed by atoms with Crippen LogP contribution in [0.1, 0.15) is 19.2 Å². The van der Waals surface area contributed by atoms with Crippen LogP contribution in [0.5, 0.6) is 0 Å². The largest absolute Gasteiger partial charge is 0.416 e. The van der Waals surface area contributed by atoms with Crippen molar-refractivity contribution in [2.45, 2.75) is 30.2 Å². The van der Waals surface area contributed by atoms with E-state index in [4.69, 9.17) is 4.42 Å². The van der Waals surface area contributed by atoms with Crippen molar-refractivity contribution in [3.8, 4) is 0 Å². The second-order valence-corrected chi connectivity index (χ2v) is 9.71. The zero-order chi connectivity index (χ0) is 18.7. The molecule has 3 rings (SSSR count). The van der Waals surface area contributed by atoms with Gasteiger partial charge in [-0.3, -0.25) is 4.79 Å². The van der Waals surface area contributed by atoms with Crippen LogP contribution >= 0.6 is 11.8 Å². The predicted octanol–water partition coefficient (Wildman–Crippen LogP) is 2.31. The minimum Gasteiger partial charge on any atom is -0.416 e. The Morgan fingerprint density at radius 3 is 2.77 bits per heavy atom. The maximum Gasteiger partial charge on any atom is 0.277 e. The first-order chi connectivity index (χ1) is 12.3. The molecule has 0 aliphatic carbocycles. The topological polar surface area (TPSA) is 102 Å². The molecule has 2 atom stereocenters. The Bertz CT molecular complexity index is 883. The second-order valence-electron chi connectivity index (χ2n) is 6.19. The second kappa shape index (κ2) is 7.75. The Morgan fingerprint density at radius 1 is 1.38 bits per heavy atom. The number of rotatable bonds is 6. The lowest BCUT2D eigenvalue weighted by molar-refractivity contribution is -0.115. The van der Waals surface area contributed by atoms with Crippen molar-refractivity contribution in [3.63, 3.8) is 0 Å². The molecule has 0 saturated carbocycles. The summed E-state index contributed by atoms with van der Waals surface area (Å²) in [6.45, 7) is 1.69. The molecule has 0 radical (unpaired) electrons. The van der Waals surface area contributed by atoms with Crippen LogP contribution in [0, 0.1) is 11.7 Å². The fourth-order valence-electron chi connectivity index (χ4n) is 2.63. The normalized spacial score (nSPS) is 20.0. The number of thioether (sulfide) groups is 1. The molecule has 1 amide bonds. The number of amides is 1. The maximum atomic E-state index is 12.9. The first-order valence-electron chi connectivity index (χ1n) is 8.06. The van der Waals surface area contributed by atoms with E-state index in [-0.39, 0.29) is 34.4 Å². The van der Waals surface area contributed by atoms with Gasteiger partial charge in [-0.2, -0.15) is 0 Å². The average molecular weight is 399 g/mol. The molecule has 0 bridgehead atoms. The van der Waals surface area contributed by atoms with Gasteiger partial charge in [-0.15, -0.1) is 10.2 Å². The van der Waals surface area contributed by atoms with E-state index >= 15 is 0 Å². The van der Waals surface area contributed by atoms with Crippen molar-refractivity contribution in [3.05, 3.63) is 36.0 Å². The highest BCUT2D eigenvalue weighted by molar-refractivity contribution is 8.00. The fourth-order valence-corrected chi connectivity index (χ4v) is 5.19. The molecule has 1 aromatic heterocycles. The molecule has 1 N–H and O–H groups in total. The SMILES string of the molecule is C[C@H](Sc1nnc(C[C@@H]2CCS(=O)(=O)C2)o1)C(=O)Nc1ccc(F)cc1. The van der Waals surface area contributed by atoms with Crippen LogP contribution in [0.3, 0.4) is 0 Å². The standard InChI is InChI=1S/C16H18FN3O4S2/c1-10(15(21)18-13-4-2-12(17)3-5-13)25-16-20-19-14(24-16)8-11-6-7-26(22,23)9-11/h2-5,10-11H,6-9H2,1H3,(H,18,21)/t10-,11-/m0/s1. The number of aromatic nitrogens is 2. The summed E-state index contributed by atoms with van der Waals surface area (Å²) in [6, 6.07) is 5.48. The highest BCUT2D eigenvalue weighted by atomic mass is 32.2. The number of sulfone groups is 1. The van der Waals surface area contributed by atoms with Gasteiger partial charge in [0.25, 0.3) is 5.22 Å². The number of nitrogens with zero attached hydrogens (tertiary/aromatic N) is 2. The first kappa shape index (κ1) is 18.8. The van der Waals surface area contributed by atoms with Gasteiger partial charge in [0.15, 0.2) is 9.84 Å². The minimum absolute atomic E-state index is 0.00232. The van der Waals surface area contributed by atoms with Crippen molar-refractivity contribution in [1.29, 1.82) is 0 Å². The Hall–Kier alpha value is -1.94. The number of carbonyl (C=O) groups is 1. The van der Waals surface area contributed by atoms with Crippen LogP contribution in [0.25, 0.3) is 0 Å². The Balaban J connectivity index is 1.53. The van der Waals surface area contributed by atoms with E-state index in [2.05, 4.69) is 15.5 Å². The fraction of sp³-hybridized carbons (Fsp3) is 0.438. The van der Waals surface area contributed by atoms with Crippen LogP contribution in [-0.4, -0.2) is 41.3 Å². The summed E-state index contributed by atoms with van der Waals surface area (Å²) < 4.78 is 41.4. The van der Waals surface area contributed by atoms with Gasteiger partial charge in [0.2, 0.25) is 11.8 Å². The first-order valence-corrected chi connectivity index (χ1v) is 10.8. The van der Waals surface area contributed by atoms with E-state index < -0.39 is 15.1 Å². The van der Waals surface area contributed by atoms with Crippen LogP contribution in [0.15, 0.2) is 33.9 Å². The summed E-state index contributed by atoms with van der Waals surface area (Å²) in [5, 5.41) is 10.3. The van der Waals surface area contributed by atoms with Crippen molar-refractivity contribution < 1.29 is 22.0 Å². The number of anilines is 1. The molecule has 140 valence electrons. The van der Waals surface area contributed by atoms with Gasteiger partial charge in [0.1, 0.15) is 5.82 Å². The van der Waals surface area contributed by atoms with Gasteiger partial charge in [-0.1, -0.05) is 11.8 Å². The van der Waals surface area contributed by atoms with Crippen molar-refractivity contribution in [2.24, 2.45) is 5.92 Å². The van der Waals surface area contributed by atoms with Gasteiger partial charge in [0, 0.05) is 12.1 Å². The third-order valence-electron chi connectivity index (χ3n) is 4.00. The molecule has 26 heavy (non-hydrogen) atoms. The molecule has 0 spiro atoms. The highest BCUT2D eigenvalue weighted by Gasteiger charge is 2.29. The smallest absolute Gasteiger partial charge is 0.277 e. The summed E-state index contributed by atoms with van der Waals surface area (Å²) in [5.41, 5.74) is 0.498. The Labute approximate surface area is 154 Å². The molecule has 2 aromatic rings. The van der Waals surface area contributed by atoms with Crippen LogP contribution in [-0.2, 0) is 21.1 Å². The van der Waals surface area contributed by atoms with Crippen molar-refractivity contribution in [1.82, 2.24) is 10.2 Å². The molecular weight excluding hydrogens is 381 g/mol. The van der Waals surface area contributed by atoms with E-state index in [1.54, 1.807) is 6.92 Å². The van der Waals surface area contributed by atoms with E-state index in [1.165, 1.54) is 24.3 Å². The van der Waals surface area contributed by atoms with E-state index in [0.29, 0.717) is 24.4 Å². The van der Waals surface area contributed by atoms with Crippen LogP contribution in [0.2, 0.25) is 0 Å². The van der Waals surface area contributed by atoms with Crippen molar-refractivity contribution in [2.75, 3.05) is 16.8 Å². The molecular formula is C16H18FN3O4S2. The monoisotopic (exact) mass is 399 g/mol. The molecule has 7 nitrogen and oxygen atoms in total. The van der Waals surface area contributed by atoms with Crippen molar-refractivity contribution >= 4 is 33.2 Å². The van der Waals surface area contributed by atoms with Gasteiger partial charge >= 0.3 is 0 Å². The summed E-state index contributed by atoms with van der Waals surface area (Å²) >= 11 is 1.11. The summed E-state index contributed by atoms with van der Waals surface area (Å²) in [6.07, 6.45) is 1.02. The summed E-state index contributed by atoms with van der Waals surface area (Å²) in [4.78, 5) is 12.2. The van der Waals surface area contributed by atoms with Gasteiger partial charge in [0.05, 0.1) is 16.8 Å². The molecule has 1 aliphatic rings. The average Bonchev–Trinajstić information content (AvgIpc) is 3.15. The molecule has 10 heteroatoms. The van der Waals surface area contributed by atoms with E-state index in [0.717, 1.165) is 11.8 Å². The molecule has 1 saturated heterocycles. The number of carbonyl (C=O) groups excluding carboxylic acids is 1. The lowest BCUT2D eigenvalue weighted by atomic mass is 10.1. The molecule has 2 heterocycles. The van der Waals surface area contributed by atoms with E-state index in [9.17, 15) is 17.6 Å². The highest BCUT2D eigenvalue weighted by Crippen LogP contribution is 2.26. The summed E-state index contributed by atoms with van der Waals surface area (Å²) in [7, 11) is -2.94. The maximum absolute atomic E-state index is 12.9. The number of hydrogen-bond donors (Lipinski definition) is 1. The lowest BCUT2D eigenvalue weighted by Gasteiger charge is -2.09. The third kappa shape index (κ3) is 5.04. The van der Waals surface area contributed by atoms with E-state index in [1.807, 2.05) is 0 Å². The van der Waals surface area contributed by atoms with Crippen LogP contribution < -0.4 is 5.32 Å². The lowest BCUT2D eigenvalue weighted by Crippen LogP contribution is -2.22. The molecule has 0 unspecified atom stereocenters. The number of benzene rings is 1. The predicted molar refractivity (Wildman–Crippen MR) is 95.1 cm³/mol. The zero-order valence-corrected chi connectivity index (χ0v) is 15.6. The van der Waals surface area contributed by atoms with Crippen LogP contribution in [0.4, 0.5) is 10.1 Å². The molecule has 1 fully saturated rings. The van der Waals surface area contributed by atoms with Gasteiger partial charge in [-0.05, 0) is 43.5 Å². The Kier molecular flexibility index (Phi) is 5.61. The Morgan fingerprint density at radius 2 is 2.12 bits per heavy atom. The summed E-state index contributed by atoms with van der Waals surface area (Å²) in [5.74, 6) is 0.0721. The van der Waals surface area contributed by atoms with Gasteiger partial charge < -0.3 is 9.73 Å². The number of halogens is 1. The number of hydrogen-bond acceptors (Lipinski definition) is 7. The molecule has 1 aliphatic heterocycles. The third-order valence-corrected chi connectivity index (χ3v) is 6.77. The van der Waals surface area contributed by atoms with Gasteiger partial charge in [-0.25, -0.2) is 12.8 Å². The minimum atomic E-state index is -2.94.